The lowest BCUT2D eigenvalue weighted by molar-refractivity contribution is -0.319. The van der Waals surface area contributed by atoms with E-state index in [0.29, 0.717) is 13.0 Å². The van der Waals surface area contributed by atoms with E-state index in [9.17, 15) is 39.6 Å². The van der Waals surface area contributed by atoms with Crippen LogP contribution >= 0.6 is 0 Å². The van der Waals surface area contributed by atoms with Crippen molar-refractivity contribution >= 4 is 23.8 Å². The van der Waals surface area contributed by atoms with E-state index in [4.69, 9.17) is 37.9 Å². The molecule has 0 unspecified atom stereocenters. The quantitative estimate of drug-likeness (QED) is 0.131. The highest BCUT2D eigenvalue weighted by Crippen LogP contribution is 2.40. The van der Waals surface area contributed by atoms with Gasteiger partial charge in [-0.1, -0.05) is 27.7 Å². The van der Waals surface area contributed by atoms with Crippen molar-refractivity contribution < 1.29 is 77.5 Å². The lowest BCUT2D eigenvalue weighted by atomic mass is 9.77. The zero-order valence-electron chi connectivity index (χ0n) is 42.6. The molecular formula is C47H85N3O16. The number of carbonyl (C=O) groups excluding carboxylic acids is 4. The summed E-state index contributed by atoms with van der Waals surface area (Å²) in [5.74, 6) is -5.19. The van der Waals surface area contributed by atoms with Crippen LogP contribution in [0.4, 0.5) is 0 Å². The third-order valence-electron chi connectivity index (χ3n) is 14.1. The van der Waals surface area contributed by atoms with Crippen molar-refractivity contribution in [3.63, 3.8) is 0 Å². The number of likely N-dealkylation sites (N-methyl/N-ethyl adjacent to an activating group) is 2. The fourth-order valence-corrected chi connectivity index (χ4v) is 9.96. The van der Waals surface area contributed by atoms with Gasteiger partial charge in [-0.3, -0.25) is 9.59 Å². The molecule has 3 rings (SSSR count). The average Bonchev–Trinajstić information content (AvgIpc) is 3.23. The second kappa shape index (κ2) is 23.8. The third-order valence-corrected chi connectivity index (χ3v) is 14.1. The van der Waals surface area contributed by atoms with Gasteiger partial charge in [0, 0.05) is 39.0 Å². The Morgan fingerprint density at radius 1 is 0.939 bits per heavy atom. The summed E-state index contributed by atoms with van der Waals surface area (Å²) in [5, 5.41) is 50.0. The number of esters is 3. The van der Waals surface area contributed by atoms with Gasteiger partial charge in [0.2, 0.25) is 5.91 Å². The van der Waals surface area contributed by atoms with Crippen LogP contribution in [0, 0.1) is 17.8 Å². The van der Waals surface area contributed by atoms with Crippen LogP contribution in [-0.4, -0.2) is 191 Å². The molecule has 3 aliphatic rings. The van der Waals surface area contributed by atoms with Crippen molar-refractivity contribution in [1.29, 1.82) is 0 Å². The first-order chi connectivity index (χ1) is 30.4. The van der Waals surface area contributed by atoms with Gasteiger partial charge in [-0.05, 0) is 108 Å². The topological polar surface area (TPSA) is 242 Å². The summed E-state index contributed by atoms with van der Waals surface area (Å²) in [6.45, 7) is 21.8. The fraction of sp³-hybridized carbons (Fsp3) is 0.915. The van der Waals surface area contributed by atoms with Crippen molar-refractivity contribution in [2.24, 2.45) is 17.8 Å². The minimum atomic E-state index is -1.87. The number of nitrogens with zero attached hydrogens (tertiary/aromatic N) is 2. The normalized spacial score (nSPS) is 42.3. The van der Waals surface area contributed by atoms with E-state index in [0.717, 1.165) is 0 Å². The standard InChI is InChI=1S/C47H85N3O16/c1-18-32(48-31(10)51)43(56)62-30(9)42(55)65-37-33(49(14)15)20-25(4)60-44(37)66-40-26(5)36(64-35-22-46(12,59-17)39(53)29(8)61-35)27(6)41(54)63-34(19-2)47(13,58)38(52)28(7)50(16)23-24(3)21-45(40,11)57/h24-30,32-40,44,52-53,57-58H,18-23H2,1-17H3,(H,48,51)/t24-,25-,26+,27-,28-,29+,30-,32+,33+,34-,35+,36+,37-,38-,39+,40-,44+,45-,46-,47-/m1/s1. The van der Waals surface area contributed by atoms with Crippen molar-refractivity contribution in [3.05, 3.63) is 0 Å². The van der Waals surface area contributed by atoms with Gasteiger partial charge in [-0.2, -0.15) is 0 Å². The van der Waals surface area contributed by atoms with Crippen LogP contribution in [0.2, 0.25) is 0 Å². The Hall–Kier alpha value is -2.56. The molecule has 3 aliphatic heterocycles. The Balaban J connectivity index is 2.21. The van der Waals surface area contributed by atoms with Crippen molar-refractivity contribution in [3.8, 4) is 0 Å². The van der Waals surface area contributed by atoms with Crippen molar-refractivity contribution in [2.75, 3.05) is 34.8 Å². The van der Waals surface area contributed by atoms with E-state index >= 15 is 0 Å². The molecule has 0 aromatic rings. The third kappa shape index (κ3) is 14.0. The molecule has 0 aliphatic carbocycles. The molecule has 19 nitrogen and oxygen atoms in total. The zero-order chi connectivity index (χ0) is 50.4. The number of hydrogen-bond donors (Lipinski definition) is 5. The molecule has 0 spiro atoms. The Bertz CT molecular complexity index is 1600. The van der Waals surface area contributed by atoms with Crippen LogP contribution in [0.5, 0.6) is 0 Å². The van der Waals surface area contributed by atoms with E-state index < -0.39 is 138 Å². The van der Waals surface area contributed by atoms with Gasteiger partial charge in [0.05, 0.1) is 47.6 Å². The van der Waals surface area contributed by atoms with Gasteiger partial charge >= 0.3 is 17.9 Å². The number of aliphatic hydroxyl groups is 4. The van der Waals surface area contributed by atoms with Gasteiger partial charge in [-0.25, -0.2) is 9.59 Å². The molecule has 3 saturated heterocycles. The van der Waals surface area contributed by atoms with Gasteiger partial charge in [0.25, 0.3) is 0 Å². The van der Waals surface area contributed by atoms with Gasteiger partial charge in [0.1, 0.15) is 30.0 Å². The summed E-state index contributed by atoms with van der Waals surface area (Å²) in [5.41, 5.74) is -4.70. The molecule has 0 aromatic carbocycles. The molecule has 3 heterocycles. The maximum atomic E-state index is 14.5. The van der Waals surface area contributed by atoms with E-state index in [1.54, 1.807) is 62.4 Å². The number of hydrogen-bond acceptors (Lipinski definition) is 18. The number of amides is 1. The molecule has 66 heavy (non-hydrogen) atoms. The molecule has 0 radical (unpaired) electrons. The summed E-state index contributed by atoms with van der Waals surface area (Å²) in [6.07, 6.45) is -11.0. The molecule has 384 valence electrons. The Morgan fingerprint density at radius 2 is 1.56 bits per heavy atom. The molecule has 0 aromatic heterocycles. The van der Waals surface area contributed by atoms with E-state index in [2.05, 4.69) is 5.32 Å². The minimum Gasteiger partial charge on any atom is -0.459 e. The van der Waals surface area contributed by atoms with E-state index in [1.807, 2.05) is 37.7 Å². The van der Waals surface area contributed by atoms with Crippen LogP contribution in [0.1, 0.15) is 122 Å². The smallest absolute Gasteiger partial charge is 0.347 e. The highest BCUT2D eigenvalue weighted by Gasteiger charge is 2.53. The maximum Gasteiger partial charge on any atom is 0.347 e. The lowest BCUT2D eigenvalue weighted by Crippen LogP contribution is -2.61. The van der Waals surface area contributed by atoms with Crippen LogP contribution in [0.25, 0.3) is 0 Å². The van der Waals surface area contributed by atoms with Crippen LogP contribution in [-0.2, 0) is 57.1 Å². The monoisotopic (exact) mass is 948 g/mol. The second-order valence-corrected chi connectivity index (χ2v) is 20.3. The van der Waals surface area contributed by atoms with E-state index in [1.165, 1.54) is 27.9 Å². The summed E-state index contributed by atoms with van der Waals surface area (Å²) in [7, 11) is 6.91. The number of ether oxygens (including phenoxy) is 8. The molecule has 1 amide bonds. The van der Waals surface area contributed by atoms with Gasteiger partial charge < -0.3 is 73.4 Å². The number of carbonyl (C=O) groups is 4. The molecule has 3 fully saturated rings. The maximum absolute atomic E-state index is 14.5. The SMILES string of the molecule is CC[C@H](NC(C)=O)C(=O)O[C@H](C)C(=O)O[C@H]1[C@H](O[C@@H]2[C@@H](C)[C@H](O[C@H]3C[C@@](C)(OC)[C@@H](O)[C@H](C)O3)[C@@H](C)C(=O)O[C@H](CC)[C@@](C)(O)[C@H](O)[C@@H](C)N(C)C[C@H](C)C[C@@]2(C)O)O[C@H](C)C[C@@H]1N(C)C. The van der Waals surface area contributed by atoms with Crippen molar-refractivity contribution in [2.45, 2.75) is 225 Å². The summed E-state index contributed by atoms with van der Waals surface area (Å²) in [4.78, 5) is 56.9. The molecule has 0 saturated carbocycles. The molecule has 5 N–H and O–H groups in total. The Labute approximate surface area is 392 Å². The van der Waals surface area contributed by atoms with Crippen LogP contribution < -0.4 is 5.32 Å². The summed E-state index contributed by atoms with van der Waals surface area (Å²) in [6, 6.07) is -2.09. The Kier molecular flexibility index (Phi) is 20.9. The lowest BCUT2D eigenvalue weighted by Gasteiger charge is -2.49. The van der Waals surface area contributed by atoms with Gasteiger partial charge in [-0.15, -0.1) is 0 Å². The number of aliphatic hydroxyl groups excluding tert-OH is 2. The van der Waals surface area contributed by atoms with E-state index in [-0.39, 0.29) is 31.6 Å². The number of cyclic esters (lactones) is 1. The molecule has 19 heteroatoms. The molecular weight excluding hydrogens is 863 g/mol. The second-order valence-electron chi connectivity index (χ2n) is 20.3. The van der Waals surface area contributed by atoms with Crippen LogP contribution in [0.15, 0.2) is 0 Å². The Morgan fingerprint density at radius 3 is 2.11 bits per heavy atom. The summed E-state index contributed by atoms with van der Waals surface area (Å²) >= 11 is 0. The first kappa shape index (κ1) is 57.8. The minimum absolute atomic E-state index is 0.0556. The first-order valence-corrected chi connectivity index (χ1v) is 23.7. The fourth-order valence-electron chi connectivity index (χ4n) is 9.96. The first-order valence-electron chi connectivity index (χ1n) is 23.7. The largest absolute Gasteiger partial charge is 0.459 e. The highest BCUT2D eigenvalue weighted by molar-refractivity contribution is 5.85. The zero-order valence-corrected chi connectivity index (χ0v) is 42.6. The highest BCUT2D eigenvalue weighted by atomic mass is 16.7. The molecule has 20 atom stereocenters. The number of rotatable bonds is 13. The number of methoxy groups -OCH3 is 1. The van der Waals surface area contributed by atoms with Crippen LogP contribution in [0.3, 0.4) is 0 Å². The van der Waals surface area contributed by atoms with Gasteiger partial charge in [0.15, 0.2) is 24.8 Å². The van der Waals surface area contributed by atoms with Crippen molar-refractivity contribution in [1.82, 2.24) is 15.1 Å². The molecule has 0 bridgehead atoms. The predicted octanol–water partition coefficient (Wildman–Crippen LogP) is 2.30. The average molecular weight is 948 g/mol. The predicted molar refractivity (Wildman–Crippen MR) is 242 cm³/mol. The summed E-state index contributed by atoms with van der Waals surface area (Å²) < 4.78 is 50.0. The number of nitrogens with one attached hydrogen (secondary N) is 1.